The smallest absolute Gasteiger partial charge is 0.260 e. The molecule has 0 radical (unpaired) electrons. The lowest BCUT2D eigenvalue weighted by Crippen LogP contribution is -2.42. The van der Waals surface area contributed by atoms with Crippen LogP contribution in [-0.4, -0.2) is 77.8 Å². The van der Waals surface area contributed by atoms with Gasteiger partial charge in [-0.05, 0) is 80.9 Å². The zero-order valence-corrected chi connectivity index (χ0v) is 34.5. The molecule has 2 amide bonds. The summed E-state index contributed by atoms with van der Waals surface area (Å²) in [5.41, 5.74) is 6.08. The van der Waals surface area contributed by atoms with Gasteiger partial charge in [0.05, 0.1) is 67.4 Å². The number of nitrogens with zero attached hydrogens (tertiary/aromatic N) is 2. The van der Waals surface area contributed by atoms with E-state index in [1.807, 2.05) is 36.7 Å². The molecule has 4 aliphatic heterocycles. The second-order valence-electron chi connectivity index (χ2n) is 15.7. The molecule has 4 aliphatic rings. The molecular weight excluding hydrogens is 789 g/mol. The molecule has 4 heterocycles. The van der Waals surface area contributed by atoms with Crippen LogP contribution in [0.4, 0.5) is 11.4 Å². The van der Waals surface area contributed by atoms with Gasteiger partial charge in [-0.2, -0.15) is 12.6 Å². The number of fused-ring (bicyclic) bond motifs is 6. The van der Waals surface area contributed by atoms with Crippen molar-refractivity contribution in [3.05, 3.63) is 144 Å². The van der Waals surface area contributed by atoms with Gasteiger partial charge in [-0.1, -0.05) is 72.8 Å². The highest BCUT2D eigenvalue weighted by atomic mass is 32.1. The van der Waals surface area contributed by atoms with Gasteiger partial charge in [0.1, 0.15) is 6.23 Å². The Kier molecular flexibility index (Phi) is 9.96. The summed E-state index contributed by atoms with van der Waals surface area (Å²) in [4.78, 5) is 31.5. The molecule has 0 aliphatic carbocycles. The monoisotopic (exact) mass is 832 g/mol. The lowest BCUT2D eigenvalue weighted by atomic mass is 9.98. The Morgan fingerprint density at radius 3 is 1.61 bits per heavy atom. The average molecular weight is 833 g/mol. The number of aliphatic hydroxyl groups is 1. The maximum Gasteiger partial charge on any atom is 0.260 e. The number of ether oxygens (including phenoxy) is 4. The summed E-state index contributed by atoms with van der Waals surface area (Å²) in [6.45, 7) is 0.550. The summed E-state index contributed by atoms with van der Waals surface area (Å²) < 4.78 is 23.8. The Bertz CT molecular complexity index is 2620. The number of carbonyl (C=O) groups excluding carboxylic acids is 2. The van der Waals surface area contributed by atoms with E-state index in [4.69, 9.17) is 31.6 Å². The predicted molar refractivity (Wildman–Crippen MR) is 241 cm³/mol. The molecule has 0 fully saturated rings. The highest BCUT2D eigenvalue weighted by Gasteiger charge is 2.41. The molecule has 6 aromatic carbocycles. The first-order valence-electron chi connectivity index (χ1n) is 20.4. The van der Waals surface area contributed by atoms with E-state index in [-0.39, 0.29) is 36.4 Å². The number of anilines is 2. The van der Waals surface area contributed by atoms with Gasteiger partial charge in [-0.3, -0.25) is 9.59 Å². The lowest BCUT2D eigenvalue weighted by molar-refractivity contribution is 0.0644. The minimum absolute atomic E-state index is 0.140. The van der Waals surface area contributed by atoms with Gasteiger partial charge in [0.2, 0.25) is 0 Å². The number of benzene rings is 6. The van der Waals surface area contributed by atoms with Crippen LogP contribution in [0.5, 0.6) is 23.0 Å². The number of thiol groups is 1. The highest BCUT2D eigenvalue weighted by Crippen LogP contribution is 2.43. The van der Waals surface area contributed by atoms with Crippen LogP contribution in [0.1, 0.15) is 51.1 Å². The van der Waals surface area contributed by atoms with E-state index < -0.39 is 12.3 Å². The molecule has 10 rings (SSSR count). The van der Waals surface area contributed by atoms with Gasteiger partial charge in [0, 0.05) is 31.0 Å². The van der Waals surface area contributed by atoms with Crippen molar-refractivity contribution >= 4 is 68.5 Å². The van der Waals surface area contributed by atoms with Gasteiger partial charge in [0.15, 0.2) is 23.0 Å². The molecule has 4 atom stereocenters. The summed E-state index contributed by atoms with van der Waals surface area (Å²) in [7, 11) is 3.08. The average Bonchev–Trinajstić information content (AvgIpc) is 3.91. The van der Waals surface area contributed by atoms with E-state index in [0.29, 0.717) is 64.8 Å². The summed E-state index contributed by atoms with van der Waals surface area (Å²) in [5, 5.41) is 22.2. The second kappa shape index (κ2) is 15.8. The van der Waals surface area contributed by atoms with Crippen molar-refractivity contribution in [2.24, 2.45) is 0 Å². The first kappa shape index (κ1) is 38.6. The third-order valence-corrected chi connectivity index (χ3v) is 12.6. The SMILES string of the molecule is COc1cc2c(cc1OCCCOc1cc3c(cc1OC)C(=O)N1C=C(c4ccc5ccccc5c4)C[C@H]1C(S)N3)NC(O)[C@@H]1CC(c3ccc4ccccc4c3)=CN1C2=O. The molecule has 0 saturated heterocycles. The molecule has 6 aromatic rings. The zero-order valence-electron chi connectivity index (χ0n) is 33.6. The molecule has 0 bridgehead atoms. The van der Waals surface area contributed by atoms with Crippen molar-refractivity contribution < 1.29 is 33.6 Å². The van der Waals surface area contributed by atoms with E-state index in [1.165, 1.54) is 12.5 Å². The number of methoxy groups -OCH3 is 2. The predicted octanol–water partition coefficient (Wildman–Crippen LogP) is 8.79. The van der Waals surface area contributed by atoms with Crippen molar-refractivity contribution in [1.82, 2.24) is 9.80 Å². The van der Waals surface area contributed by atoms with Gasteiger partial charge < -0.3 is 44.5 Å². The highest BCUT2D eigenvalue weighted by molar-refractivity contribution is 7.81. The number of aliphatic hydroxyl groups excluding tert-OH is 1. The van der Waals surface area contributed by atoms with Crippen LogP contribution in [-0.2, 0) is 0 Å². The normalized spacial score (nSPS) is 20.3. The zero-order chi connectivity index (χ0) is 41.8. The third kappa shape index (κ3) is 7.05. The molecular formula is C49H44N4O7S. The Morgan fingerprint density at radius 2 is 1.08 bits per heavy atom. The summed E-state index contributed by atoms with van der Waals surface area (Å²) >= 11 is 4.92. The maximum absolute atomic E-state index is 14.1. The van der Waals surface area contributed by atoms with E-state index in [0.717, 1.165) is 38.4 Å². The Morgan fingerprint density at radius 1 is 0.607 bits per heavy atom. The van der Waals surface area contributed by atoms with Crippen LogP contribution in [0.15, 0.2) is 122 Å². The molecule has 11 nitrogen and oxygen atoms in total. The molecule has 12 heteroatoms. The van der Waals surface area contributed by atoms with Crippen molar-refractivity contribution in [3.8, 4) is 23.0 Å². The molecule has 3 N–H and O–H groups in total. The minimum Gasteiger partial charge on any atom is -0.493 e. The molecule has 2 unspecified atom stereocenters. The third-order valence-electron chi connectivity index (χ3n) is 12.1. The Hall–Kier alpha value is -6.63. The quantitative estimate of drug-likeness (QED) is 0.0793. The molecule has 0 saturated carbocycles. The van der Waals surface area contributed by atoms with Gasteiger partial charge in [-0.25, -0.2) is 0 Å². The van der Waals surface area contributed by atoms with Crippen LogP contribution in [0.3, 0.4) is 0 Å². The summed E-state index contributed by atoms with van der Waals surface area (Å²) in [6, 6.07) is 35.2. The number of carbonyl (C=O) groups is 2. The largest absolute Gasteiger partial charge is 0.493 e. The lowest BCUT2D eigenvalue weighted by Gasteiger charge is -2.25. The Labute approximate surface area is 358 Å². The Balaban J connectivity index is 0.804. The number of nitrogens with one attached hydrogen (secondary N) is 2. The number of amides is 2. The van der Waals surface area contributed by atoms with E-state index in [9.17, 15) is 14.7 Å². The number of hydrogen-bond acceptors (Lipinski definition) is 10. The van der Waals surface area contributed by atoms with Crippen molar-refractivity contribution in [2.45, 2.75) is 42.9 Å². The number of rotatable bonds is 10. The van der Waals surface area contributed by atoms with Gasteiger partial charge in [0.25, 0.3) is 11.8 Å². The van der Waals surface area contributed by atoms with Crippen LogP contribution in [0.25, 0.3) is 32.7 Å². The van der Waals surface area contributed by atoms with E-state index in [2.05, 4.69) is 71.3 Å². The van der Waals surface area contributed by atoms with Crippen LogP contribution >= 0.6 is 12.6 Å². The molecule has 0 aromatic heterocycles. The van der Waals surface area contributed by atoms with Crippen LogP contribution in [0.2, 0.25) is 0 Å². The van der Waals surface area contributed by atoms with Crippen molar-refractivity contribution in [1.29, 1.82) is 0 Å². The number of hydrogen-bond donors (Lipinski definition) is 4. The van der Waals surface area contributed by atoms with Gasteiger partial charge in [-0.15, -0.1) is 0 Å². The molecule has 0 spiro atoms. The van der Waals surface area contributed by atoms with Crippen molar-refractivity contribution in [3.63, 3.8) is 0 Å². The summed E-state index contributed by atoms with van der Waals surface area (Å²) in [5.74, 6) is 1.35. The standard InChI is InChI=1S/C49H44N4O7S/c1-57-42-22-36-38(50-46(54)40-20-34(26-52(40)48(36)55)32-14-12-28-8-3-5-10-30(28)18-32)24-44(42)59-16-7-17-60-45-25-39-37(23-43(45)58-2)49(56)53-27-35(21-41(53)47(61)51-39)33-15-13-29-9-4-6-11-31(29)19-33/h3-6,8-15,18-19,22-27,40-41,46-47,50-51,54,61H,7,16-17,20-21H2,1-2H3/t40-,41-,46?,47?/m0/s1. The molecule has 308 valence electrons. The fraction of sp³-hybridized carbons (Fsp3) is 0.224. The maximum atomic E-state index is 14.1. The van der Waals surface area contributed by atoms with Gasteiger partial charge >= 0.3 is 0 Å². The minimum atomic E-state index is -1.02. The second-order valence-corrected chi connectivity index (χ2v) is 16.3. The van der Waals surface area contributed by atoms with E-state index in [1.54, 1.807) is 41.2 Å². The van der Waals surface area contributed by atoms with E-state index >= 15 is 0 Å². The first-order chi connectivity index (χ1) is 29.8. The fourth-order valence-electron chi connectivity index (χ4n) is 8.86. The van der Waals surface area contributed by atoms with Crippen LogP contribution in [0, 0.1) is 0 Å². The fourth-order valence-corrected chi connectivity index (χ4v) is 9.25. The molecule has 61 heavy (non-hydrogen) atoms. The first-order valence-corrected chi connectivity index (χ1v) is 20.9. The van der Waals surface area contributed by atoms with Crippen molar-refractivity contribution in [2.75, 3.05) is 38.1 Å². The topological polar surface area (TPSA) is 122 Å². The van der Waals surface area contributed by atoms with Crippen LogP contribution < -0.4 is 29.6 Å². The summed E-state index contributed by atoms with van der Waals surface area (Å²) in [6.07, 6.45) is 4.42.